The SMILES string of the molecule is CCN(CC)CCC(C)(O)c1ccc(Oc2ccccc2F)cc1. The Bertz CT molecular complexity index is 636. The summed E-state index contributed by atoms with van der Waals surface area (Å²) in [5.74, 6) is 0.342. The molecule has 0 amide bonds. The zero-order valence-electron chi connectivity index (χ0n) is 14.6. The minimum absolute atomic E-state index is 0.193. The summed E-state index contributed by atoms with van der Waals surface area (Å²) in [7, 11) is 0. The minimum Gasteiger partial charge on any atom is -0.454 e. The number of hydrogen-bond donors (Lipinski definition) is 1. The maximum absolute atomic E-state index is 13.6. The van der Waals surface area contributed by atoms with Gasteiger partial charge in [-0.2, -0.15) is 0 Å². The number of nitrogens with zero attached hydrogens (tertiary/aromatic N) is 1. The van der Waals surface area contributed by atoms with Crippen molar-refractivity contribution in [1.29, 1.82) is 0 Å². The zero-order chi connectivity index (χ0) is 17.6. The largest absolute Gasteiger partial charge is 0.454 e. The Morgan fingerprint density at radius 2 is 1.67 bits per heavy atom. The monoisotopic (exact) mass is 331 g/mol. The summed E-state index contributed by atoms with van der Waals surface area (Å²) in [4.78, 5) is 2.28. The number of ether oxygens (including phenoxy) is 1. The lowest BCUT2D eigenvalue weighted by Gasteiger charge is -2.27. The predicted octanol–water partition coefficient (Wildman–Crippen LogP) is 4.56. The minimum atomic E-state index is -0.904. The summed E-state index contributed by atoms with van der Waals surface area (Å²) in [6.07, 6.45) is 0.655. The molecule has 1 unspecified atom stereocenters. The van der Waals surface area contributed by atoms with Gasteiger partial charge in [0.1, 0.15) is 5.75 Å². The molecule has 0 aromatic heterocycles. The van der Waals surface area contributed by atoms with Gasteiger partial charge < -0.3 is 14.7 Å². The van der Waals surface area contributed by atoms with Crippen LogP contribution in [0.15, 0.2) is 48.5 Å². The topological polar surface area (TPSA) is 32.7 Å². The van der Waals surface area contributed by atoms with Crippen molar-refractivity contribution in [1.82, 2.24) is 4.90 Å². The van der Waals surface area contributed by atoms with Gasteiger partial charge in [0.05, 0.1) is 5.60 Å². The molecule has 1 atom stereocenters. The van der Waals surface area contributed by atoms with Crippen molar-refractivity contribution in [2.24, 2.45) is 0 Å². The van der Waals surface area contributed by atoms with Gasteiger partial charge in [0.25, 0.3) is 0 Å². The first-order valence-corrected chi connectivity index (χ1v) is 8.44. The van der Waals surface area contributed by atoms with Crippen LogP contribution >= 0.6 is 0 Å². The van der Waals surface area contributed by atoms with Crippen LogP contribution in [0, 0.1) is 5.82 Å². The molecule has 0 aliphatic rings. The molecule has 1 N–H and O–H groups in total. The number of para-hydroxylation sites is 1. The van der Waals surface area contributed by atoms with Crippen molar-refractivity contribution in [3.05, 3.63) is 59.9 Å². The molecule has 24 heavy (non-hydrogen) atoms. The van der Waals surface area contributed by atoms with E-state index in [9.17, 15) is 9.50 Å². The van der Waals surface area contributed by atoms with Gasteiger partial charge in [-0.3, -0.25) is 0 Å². The smallest absolute Gasteiger partial charge is 0.165 e. The van der Waals surface area contributed by atoms with Gasteiger partial charge in [0.2, 0.25) is 0 Å². The fourth-order valence-corrected chi connectivity index (χ4v) is 2.60. The van der Waals surface area contributed by atoms with Crippen LogP contribution < -0.4 is 4.74 Å². The van der Waals surface area contributed by atoms with E-state index in [1.54, 1.807) is 30.3 Å². The Hall–Kier alpha value is -1.91. The first kappa shape index (κ1) is 18.4. The molecule has 0 heterocycles. The number of benzene rings is 2. The molecule has 0 saturated heterocycles. The third-order valence-electron chi connectivity index (χ3n) is 4.35. The van der Waals surface area contributed by atoms with Crippen LogP contribution in [-0.2, 0) is 5.60 Å². The van der Waals surface area contributed by atoms with Gasteiger partial charge in [0.15, 0.2) is 11.6 Å². The maximum Gasteiger partial charge on any atom is 0.165 e. The molecule has 0 bridgehead atoms. The van der Waals surface area contributed by atoms with Gasteiger partial charge in [-0.25, -0.2) is 4.39 Å². The van der Waals surface area contributed by atoms with Gasteiger partial charge in [0, 0.05) is 6.54 Å². The molecule has 3 nitrogen and oxygen atoms in total. The summed E-state index contributed by atoms with van der Waals surface area (Å²) in [5, 5.41) is 10.7. The van der Waals surface area contributed by atoms with E-state index in [4.69, 9.17) is 4.74 Å². The first-order valence-electron chi connectivity index (χ1n) is 8.44. The van der Waals surface area contributed by atoms with Crippen molar-refractivity contribution in [2.45, 2.75) is 32.8 Å². The molecule has 130 valence electrons. The summed E-state index contributed by atoms with van der Waals surface area (Å²) in [6.45, 7) is 8.85. The quantitative estimate of drug-likeness (QED) is 0.770. The second-order valence-corrected chi connectivity index (χ2v) is 6.11. The van der Waals surface area contributed by atoms with E-state index in [0.717, 1.165) is 25.2 Å². The second kappa shape index (κ2) is 8.27. The zero-order valence-corrected chi connectivity index (χ0v) is 14.6. The highest BCUT2D eigenvalue weighted by Crippen LogP contribution is 2.29. The first-order chi connectivity index (χ1) is 11.5. The molecular weight excluding hydrogens is 305 g/mol. The van der Waals surface area contributed by atoms with Crippen LogP contribution in [0.5, 0.6) is 11.5 Å². The highest BCUT2D eigenvalue weighted by molar-refractivity contribution is 5.35. The molecule has 0 saturated carbocycles. The lowest BCUT2D eigenvalue weighted by atomic mass is 9.92. The molecule has 0 radical (unpaired) electrons. The van der Waals surface area contributed by atoms with Crippen molar-refractivity contribution in [3.8, 4) is 11.5 Å². The standard InChI is InChI=1S/C20H26FNO2/c1-4-22(5-2)15-14-20(3,23)16-10-12-17(13-11-16)24-19-9-7-6-8-18(19)21/h6-13,23H,4-5,14-15H2,1-3H3. The third kappa shape index (κ3) is 4.79. The Labute approximate surface area is 143 Å². The van der Waals surface area contributed by atoms with E-state index in [0.29, 0.717) is 12.2 Å². The molecule has 0 fully saturated rings. The van der Waals surface area contributed by atoms with Gasteiger partial charge >= 0.3 is 0 Å². The Kier molecular flexibility index (Phi) is 6.35. The summed E-state index contributed by atoms with van der Waals surface area (Å²) < 4.78 is 19.2. The normalized spacial score (nSPS) is 13.8. The van der Waals surface area contributed by atoms with E-state index in [1.807, 2.05) is 19.1 Å². The van der Waals surface area contributed by atoms with E-state index < -0.39 is 11.4 Å². The van der Waals surface area contributed by atoms with E-state index in [1.165, 1.54) is 6.07 Å². The van der Waals surface area contributed by atoms with Gasteiger partial charge in [-0.15, -0.1) is 0 Å². The fraction of sp³-hybridized carbons (Fsp3) is 0.400. The number of hydrogen-bond acceptors (Lipinski definition) is 3. The number of rotatable bonds is 8. The third-order valence-corrected chi connectivity index (χ3v) is 4.35. The van der Waals surface area contributed by atoms with Crippen molar-refractivity contribution >= 4 is 0 Å². The maximum atomic E-state index is 13.6. The Morgan fingerprint density at radius 3 is 2.25 bits per heavy atom. The molecule has 4 heteroatoms. The lowest BCUT2D eigenvalue weighted by molar-refractivity contribution is 0.0369. The molecule has 2 rings (SSSR count). The van der Waals surface area contributed by atoms with E-state index in [-0.39, 0.29) is 5.75 Å². The lowest BCUT2D eigenvalue weighted by Crippen LogP contribution is -2.31. The van der Waals surface area contributed by atoms with Gasteiger partial charge in [-0.05, 0) is 56.3 Å². The molecule has 2 aromatic carbocycles. The highest BCUT2D eigenvalue weighted by Gasteiger charge is 2.23. The summed E-state index contributed by atoms with van der Waals surface area (Å²) in [6, 6.07) is 13.5. The van der Waals surface area contributed by atoms with Crippen molar-refractivity contribution in [2.75, 3.05) is 19.6 Å². The average molecular weight is 331 g/mol. The van der Waals surface area contributed by atoms with Crippen LogP contribution in [0.25, 0.3) is 0 Å². The van der Waals surface area contributed by atoms with Crippen molar-refractivity contribution < 1.29 is 14.2 Å². The van der Waals surface area contributed by atoms with Crippen LogP contribution in [0.1, 0.15) is 32.8 Å². The second-order valence-electron chi connectivity index (χ2n) is 6.11. The van der Waals surface area contributed by atoms with E-state index in [2.05, 4.69) is 18.7 Å². The van der Waals surface area contributed by atoms with Crippen LogP contribution in [0.4, 0.5) is 4.39 Å². The van der Waals surface area contributed by atoms with Crippen LogP contribution in [0.3, 0.4) is 0 Å². The average Bonchev–Trinajstić information content (AvgIpc) is 2.58. The fourth-order valence-electron chi connectivity index (χ4n) is 2.60. The van der Waals surface area contributed by atoms with Crippen molar-refractivity contribution in [3.63, 3.8) is 0 Å². The molecule has 0 spiro atoms. The van der Waals surface area contributed by atoms with E-state index >= 15 is 0 Å². The summed E-state index contributed by atoms with van der Waals surface area (Å²) >= 11 is 0. The number of halogens is 1. The van der Waals surface area contributed by atoms with Crippen LogP contribution in [0.2, 0.25) is 0 Å². The molecular formula is C20H26FNO2. The molecule has 2 aromatic rings. The molecule has 0 aliphatic heterocycles. The Balaban J connectivity index is 2.04. The predicted molar refractivity (Wildman–Crippen MR) is 94.9 cm³/mol. The Morgan fingerprint density at radius 1 is 1.04 bits per heavy atom. The molecule has 0 aliphatic carbocycles. The number of aliphatic hydroxyl groups is 1. The summed E-state index contributed by atoms with van der Waals surface area (Å²) in [5.41, 5.74) is -0.0745. The highest BCUT2D eigenvalue weighted by atomic mass is 19.1. The van der Waals surface area contributed by atoms with Crippen LogP contribution in [-0.4, -0.2) is 29.6 Å². The van der Waals surface area contributed by atoms with Gasteiger partial charge in [-0.1, -0.05) is 38.1 Å².